The number of nitrogens with one attached hydrogen (secondary N) is 1. The molecule has 0 aliphatic rings. The molecule has 0 bridgehead atoms. The summed E-state index contributed by atoms with van der Waals surface area (Å²) in [4.78, 5) is 17.4. The van der Waals surface area contributed by atoms with Crippen molar-refractivity contribution in [3.8, 4) is 0 Å². The molecule has 2 aromatic rings. The molecule has 0 aliphatic carbocycles. The fraction of sp³-hybridized carbons (Fsp3) is 0.357. The average Bonchev–Trinajstić information content (AvgIpc) is 2.81. The van der Waals surface area contributed by atoms with E-state index in [1.807, 2.05) is 36.2 Å². The Hall–Kier alpha value is -1.42. The Labute approximate surface area is 112 Å². The van der Waals surface area contributed by atoms with Crippen molar-refractivity contribution in [1.82, 2.24) is 9.88 Å². The van der Waals surface area contributed by atoms with Crippen molar-refractivity contribution in [3.63, 3.8) is 0 Å². The summed E-state index contributed by atoms with van der Waals surface area (Å²) in [5, 5.41) is 0.991. The highest BCUT2D eigenvalue weighted by Gasteiger charge is 2.19. The lowest BCUT2D eigenvalue weighted by Gasteiger charge is -2.24. The molecule has 96 valence electrons. The lowest BCUT2D eigenvalue weighted by Crippen LogP contribution is -2.36. The Balaban J connectivity index is 2.28. The van der Waals surface area contributed by atoms with Gasteiger partial charge in [-0.25, -0.2) is 0 Å². The average molecular weight is 262 g/mol. The number of aromatic nitrogens is 1. The first-order valence-corrected chi connectivity index (χ1v) is 7.36. The van der Waals surface area contributed by atoms with Gasteiger partial charge in [-0.15, -0.1) is 0 Å². The third kappa shape index (κ3) is 2.38. The van der Waals surface area contributed by atoms with Crippen LogP contribution in [0.15, 0.2) is 30.5 Å². The van der Waals surface area contributed by atoms with Gasteiger partial charge in [-0.05, 0) is 19.2 Å². The van der Waals surface area contributed by atoms with Crippen molar-refractivity contribution < 1.29 is 4.79 Å². The summed E-state index contributed by atoms with van der Waals surface area (Å²) in [7, 11) is 1.87. The summed E-state index contributed by atoms with van der Waals surface area (Å²) in [5.74, 6) is 1.03. The van der Waals surface area contributed by atoms with E-state index in [0.29, 0.717) is 0 Å². The minimum atomic E-state index is 0.0778. The predicted molar refractivity (Wildman–Crippen MR) is 78.2 cm³/mol. The van der Waals surface area contributed by atoms with E-state index >= 15 is 0 Å². The molecule has 0 fully saturated rings. The minimum absolute atomic E-state index is 0.0778. The molecule has 1 amide bonds. The van der Waals surface area contributed by atoms with Crippen molar-refractivity contribution >= 4 is 28.6 Å². The molecular weight excluding hydrogens is 244 g/mol. The number of rotatable bonds is 4. The van der Waals surface area contributed by atoms with E-state index in [-0.39, 0.29) is 11.9 Å². The van der Waals surface area contributed by atoms with E-state index in [9.17, 15) is 4.79 Å². The maximum atomic E-state index is 12.4. The summed E-state index contributed by atoms with van der Waals surface area (Å²) < 4.78 is 0. The van der Waals surface area contributed by atoms with Crippen LogP contribution in [0.25, 0.3) is 10.9 Å². The zero-order chi connectivity index (χ0) is 13.1. The molecule has 1 aromatic carbocycles. The summed E-state index contributed by atoms with van der Waals surface area (Å²) in [5.41, 5.74) is 1.76. The van der Waals surface area contributed by atoms with Crippen LogP contribution >= 0.6 is 11.8 Å². The highest BCUT2D eigenvalue weighted by atomic mass is 32.2. The molecule has 1 heterocycles. The number of carbonyl (C=O) groups is 1. The van der Waals surface area contributed by atoms with E-state index in [0.717, 1.165) is 22.2 Å². The largest absolute Gasteiger partial charge is 0.360 e. The van der Waals surface area contributed by atoms with Crippen LogP contribution in [0.5, 0.6) is 0 Å². The Bertz CT molecular complexity index is 549. The number of aromatic amines is 1. The van der Waals surface area contributed by atoms with Gasteiger partial charge in [0.25, 0.3) is 5.91 Å². The van der Waals surface area contributed by atoms with Crippen LogP contribution in [0.4, 0.5) is 0 Å². The Morgan fingerprint density at radius 3 is 2.89 bits per heavy atom. The molecule has 1 atom stereocenters. The second-order valence-corrected chi connectivity index (χ2v) is 5.38. The molecule has 0 saturated carbocycles. The number of fused-ring (bicyclic) bond motifs is 1. The van der Waals surface area contributed by atoms with Gasteiger partial charge in [0.2, 0.25) is 0 Å². The number of nitrogens with zero attached hydrogens (tertiary/aromatic N) is 1. The number of thioether (sulfide) groups is 1. The van der Waals surface area contributed by atoms with Gasteiger partial charge >= 0.3 is 0 Å². The predicted octanol–water partition coefficient (Wildman–Crippen LogP) is 2.99. The van der Waals surface area contributed by atoms with Crippen molar-refractivity contribution in [1.29, 1.82) is 0 Å². The summed E-state index contributed by atoms with van der Waals surface area (Å²) in [6, 6.07) is 8.12. The normalized spacial score (nSPS) is 12.6. The zero-order valence-electron chi connectivity index (χ0n) is 10.9. The summed E-state index contributed by atoms with van der Waals surface area (Å²) >= 11 is 1.75. The van der Waals surface area contributed by atoms with Gasteiger partial charge in [0.15, 0.2) is 0 Å². The van der Waals surface area contributed by atoms with Gasteiger partial charge in [-0.3, -0.25) is 4.79 Å². The highest BCUT2D eigenvalue weighted by molar-refractivity contribution is 7.98. The lowest BCUT2D eigenvalue weighted by molar-refractivity contribution is 0.0759. The molecular formula is C14H18N2OS. The molecule has 4 heteroatoms. The van der Waals surface area contributed by atoms with Gasteiger partial charge in [0.05, 0.1) is 5.56 Å². The van der Waals surface area contributed by atoms with Crippen LogP contribution in [0.2, 0.25) is 0 Å². The Morgan fingerprint density at radius 1 is 1.44 bits per heavy atom. The maximum Gasteiger partial charge on any atom is 0.256 e. The topological polar surface area (TPSA) is 36.1 Å². The first-order valence-electron chi connectivity index (χ1n) is 5.97. The highest BCUT2D eigenvalue weighted by Crippen LogP contribution is 2.20. The van der Waals surface area contributed by atoms with Gasteiger partial charge in [-0.2, -0.15) is 11.8 Å². The molecule has 0 saturated heterocycles. The van der Waals surface area contributed by atoms with Crippen molar-refractivity contribution in [3.05, 3.63) is 36.0 Å². The molecule has 2 rings (SSSR count). The van der Waals surface area contributed by atoms with Crippen LogP contribution < -0.4 is 0 Å². The second-order valence-electron chi connectivity index (χ2n) is 4.47. The van der Waals surface area contributed by atoms with Gasteiger partial charge < -0.3 is 9.88 Å². The molecule has 18 heavy (non-hydrogen) atoms. The van der Waals surface area contributed by atoms with Crippen molar-refractivity contribution in [2.24, 2.45) is 0 Å². The Morgan fingerprint density at radius 2 is 2.17 bits per heavy atom. The monoisotopic (exact) mass is 262 g/mol. The number of hydrogen-bond acceptors (Lipinski definition) is 2. The summed E-state index contributed by atoms with van der Waals surface area (Å²) in [6.07, 6.45) is 3.86. The lowest BCUT2D eigenvalue weighted by atomic mass is 10.1. The molecule has 0 radical (unpaired) electrons. The van der Waals surface area contributed by atoms with Crippen LogP contribution in [0.3, 0.4) is 0 Å². The van der Waals surface area contributed by atoms with Crippen LogP contribution in [-0.2, 0) is 0 Å². The van der Waals surface area contributed by atoms with E-state index < -0.39 is 0 Å². The van der Waals surface area contributed by atoms with E-state index in [4.69, 9.17) is 0 Å². The molecule has 3 nitrogen and oxygen atoms in total. The van der Waals surface area contributed by atoms with Crippen molar-refractivity contribution in [2.45, 2.75) is 13.0 Å². The number of para-hydroxylation sites is 1. The quantitative estimate of drug-likeness (QED) is 0.919. The first kappa shape index (κ1) is 13.0. The molecule has 1 unspecified atom stereocenters. The minimum Gasteiger partial charge on any atom is -0.360 e. The third-order valence-electron chi connectivity index (χ3n) is 3.21. The van der Waals surface area contributed by atoms with E-state index in [2.05, 4.69) is 18.2 Å². The van der Waals surface area contributed by atoms with Crippen molar-refractivity contribution in [2.75, 3.05) is 19.1 Å². The fourth-order valence-electron chi connectivity index (χ4n) is 1.99. The van der Waals surface area contributed by atoms with Crippen LogP contribution in [0, 0.1) is 0 Å². The van der Waals surface area contributed by atoms with E-state index in [1.165, 1.54) is 0 Å². The third-order valence-corrected chi connectivity index (χ3v) is 4.02. The number of H-pyrrole nitrogens is 1. The molecule has 0 aliphatic heterocycles. The fourth-order valence-corrected chi connectivity index (χ4v) is 2.70. The standard InChI is InChI=1S/C14H18N2OS/c1-10(9-18-3)16(2)14(17)12-8-15-13-7-5-4-6-11(12)13/h4-8,10,15H,9H2,1-3H3. The number of amides is 1. The molecule has 1 N–H and O–H groups in total. The maximum absolute atomic E-state index is 12.4. The SMILES string of the molecule is CSCC(C)N(C)C(=O)c1c[nH]c2ccccc12. The smallest absolute Gasteiger partial charge is 0.256 e. The molecule has 0 spiro atoms. The summed E-state index contributed by atoms with van der Waals surface area (Å²) in [6.45, 7) is 2.07. The number of hydrogen-bond donors (Lipinski definition) is 1. The zero-order valence-corrected chi connectivity index (χ0v) is 11.8. The Kier molecular flexibility index (Phi) is 3.97. The van der Waals surface area contributed by atoms with Gasteiger partial charge in [-0.1, -0.05) is 18.2 Å². The van der Waals surface area contributed by atoms with Gasteiger partial charge in [0, 0.05) is 35.9 Å². The second kappa shape index (κ2) is 5.48. The van der Waals surface area contributed by atoms with Crippen LogP contribution in [0.1, 0.15) is 17.3 Å². The van der Waals surface area contributed by atoms with E-state index in [1.54, 1.807) is 18.0 Å². The number of benzene rings is 1. The first-order chi connectivity index (χ1) is 8.65. The van der Waals surface area contributed by atoms with Gasteiger partial charge in [0.1, 0.15) is 0 Å². The molecule has 1 aromatic heterocycles. The van der Waals surface area contributed by atoms with Crippen LogP contribution in [-0.4, -0.2) is 40.9 Å². The number of carbonyl (C=O) groups excluding carboxylic acids is 1.